The number of carbonyl (C=O) groups excluding carboxylic acids is 3. The number of hydrogen-bond donors (Lipinski definition) is 2. The van der Waals surface area contributed by atoms with E-state index >= 15 is 0 Å². The molecule has 0 saturated carbocycles. The molecule has 0 aromatic carbocycles. The molecular formula is C25H40N4O4S. The fourth-order valence-corrected chi connectivity index (χ4v) is 3.62. The highest BCUT2D eigenvalue weighted by Gasteiger charge is 2.26. The predicted octanol–water partition coefficient (Wildman–Crippen LogP) is 3.10. The van der Waals surface area contributed by atoms with Crippen LogP contribution in [0.3, 0.4) is 0 Å². The van der Waals surface area contributed by atoms with Crippen molar-refractivity contribution in [2.24, 2.45) is 11.5 Å². The fraction of sp³-hybridized carbons (Fsp3) is 0.480. The first kappa shape index (κ1) is 31.1. The summed E-state index contributed by atoms with van der Waals surface area (Å²) in [5, 5.41) is 0. The first-order valence-electron chi connectivity index (χ1n) is 11.3. The monoisotopic (exact) mass is 492 g/mol. The molecule has 1 unspecified atom stereocenters. The Morgan fingerprint density at radius 2 is 2.12 bits per heavy atom. The number of hydrogen-bond acceptors (Lipinski definition) is 7. The molecule has 1 saturated heterocycles. The van der Waals surface area contributed by atoms with Crippen LogP contribution in [0.15, 0.2) is 49.2 Å². The average molecular weight is 493 g/mol. The lowest BCUT2D eigenvalue weighted by molar-refractivity contribution is -0.133. The highest BCUT2D eigenvalue weighted by Crippen LogP contribution is 2.15. The van der Waals surface area contributed by atoms with Gasteiger partial charge in [-0.05, 0) is 51.4 Å². The number of rotatable bonds is 11. The Labute approximate surface area is 207 Å². The summed E-state index contributed by atoms with van der Waals surface area (Å²) in [6.45, 7) is 12.2. The zero-order chi connectivity index (χ0) is 25.9. The van der Waals surface area contributed by atoms with Gasteiger partial charge in [-0.2, -0.15) is 0 Å². The number of likely N-dealkylation sites (tertiary alicyclic amines) is 1. The molecule has 1 aliphatic rings. The smallest absolute Gasteiger partial charge is 0.293 e. The lowest BCUT2D eigenvalue weighted by Gasteiger charge is -2.17. The second-order valence-electron chi connectivity index (χ2n) is 7.62. The van der Waals surface area contributed by atoms with Gasteiger partial charge in [0.1, 0.15) is 6.10 Å². The van der Waals surface area contributed by atoms with Crippen molar-refractivity contribution in [2.75, 3.05) is 26.7 Å². The normalized spacial score (nSPS) is 15.9. The largest absolute Gasteiger partial charge is 0.463 e. The van der Waals surface area contributed by atoms with Crippen LogP contribution in [0.5, 0.6) is 0 Å². The molecule has 190 valence electrons. The van der Waals surface area contributed by atoms with Gasteiger partial charge in [-0.15, -0.1) is 17.9 Å². The molecule has 2 atom stereocenters. The minimum absolute atomic E-state index is 0.0733. The maximum Gasteiger partial charge on any atom is 0.293 e. The first-order chi connectivity index (χ1) is 16.2. The molecule has 1 aromatic rings. The Hall–Kier alpha value is -2.91. The summed E-state index contributed by atoms with van der Waals surface area (Å²) in [5.41, 5.74) is 10.6. The zero-order valence-corrected chi connectivity index (χ0v) is 21.6. The Balaban J connectivity index is 0.000000484. The van der Waals surface area contributed by atoms with Crippen LogP contribution in [-0.2, 0) is 20.7 Å². The van der Waals surface area contributed by atoms with E-state index in [-0.39, 0.29) is 24.0 Å². The number of amides is 2. The summed E-state index contributed by atoms with van der Waals surface area (Å²) in [6.07, 6.45) is 12.2. The van der Waals surface area contributed by atoms with Crippen molar-refractivity contribution in [3.8, 4) is 0 Å². The summed E-state index contributed by atoms with van der Waals surface area (Å²) in [6, 6.07) is 3.46. The van der Waals surface area contributed by atoms with Crippen molar-refractivity contribution in [3.05, 3.63) is 59.0 Å². The quantitative estimate of drug-likeness (QED) is 0.362. The molecule has 34 heavy (non-hydrogen) atoms. The Morgan fingerprint density at radius 3 is 2.56 bits per heavy atom. The van der Waals surface area contributed by atoms with Crippen molar-refractivity contribution < 1.29 is 19.1 Å². The number of nitrogens with two attached hydrogens (primary N) is 2. The molecule has 1 aromatic heterocycles. The lowest BCUT2D eigenvalue weighted by atomic mass is 10.3. The van der Waals surface area contributed by atoms with E-state index in [4.69, 9.17) is 16.2 Å². The molecule has 9 heteroatoms. The van der Waals surface area contributed by atoms with Crippen LogP contribution in [0.2, 0.25) is 0 Å². The van der Waals surface area contributed by atoms with E-state index in [9.17, 15) is 14.4 Å². The summed E-state index contributed by atoms with van der Waals surface area (Å²) in [5.74, 6) is -0.243. The van der Waals surface area contributed by atoms with Gasteiger partial charge in [0.25, 0.3) is 12.4 Å². The number of likely N-dealkylation sites (N-methyl/N-ethyl adjacent to an activating group) is 1. The maximum absolute atomic E-state index is 11.2. The van der Waals surface area contributed by atoms with E-state index in [2.05, 4.69) is 13.5 Å². The summed E-state index contributed by atoms with van der Waals surface area (Å²) < 4.78 is 4.74. The van der Waals surface area contributed by atoms with Crippen LogP contribution in [0, 0.1) is 0 Å². The Morgan fingerprint density at radius 1 is 1.41 bits per heavy atom. The summed E-state index contributed by atoms with van der Waals surface area (Å²) >= 11 is 1.47. The average Bonchev–Trinajstić information content (AvgIpc) is 3.41. The number of primary amides is 1. The third kappa shape index (κ3) is 13.6. The Kier molecular flexibility index (Phi) is 16.9. The van der Waals surface area contributed by atoms with Gasteiger partial charge < -0.3 is 26.0 Å². The summed E-state index contributed by atoms with van der Waals surface area (Å²) in [7, 11) is 1.93. The van der Waals surface area contributed by atoms with E-state index < -0.39 is 0 Å². The van der Waals surface area contributed by atoms with Gasteiger partial charge in [0, 0.05) is 25.0 Å². The van der Waals surface area contributed by atoms with Gasteiger partial charge in [-0.1, -0.05) is 31.2 Å². The molecule has 0 bridgehead atoms. The molecule has 8 nitrogen and oxygen atoms in total. The van der Waals surface area contributed by atoms with Crippen molar-refractivity contribution in [2.45, 2.75) is 52.2 Å². The van der Waals surface area contributed by atoms with Crippen LogP contribution in [0.1, 0.15) is 48.2 Å². The Bertz CT molecular complexity index is 807. The van der Waals surface area contributed by atoms with Gasteiger partial charge in [0.2, 0.25) is 5.91 Å². The van der Waals surface area contributed by atoms with Gasteiger partial charge >= 0.3 is 0 Å². The highest BCUT2D eigenvalue weighted by atomic mass is 32.1. The van der Waals surface area contributed by atoms with E-state index in [1.165, 1.54) is 16.2 Å². The van der Waals surface area contributed by atoms with Gasteiger partial charge in [0.15, 0.2) is 0 Å². The molecule has 1 fully saturated rings. The third-order valence-corrected chi connectivity index (χ3v) is 5.89. The van der Waals surface area contributed by atoms with Gasteiger partial charge in [-0.25, -0.2) is 0 Å². The highest BCUT2D eigenvalue weighted by molar-refractivity contribution is 7.14. The number of carbonyl (C=O) groups is 3. The third-order valence-electron chi connectivity index (χ3n) is 4.65. The zero-order valence-electron chi connectivity index (χ0n) is 20.8. The summed E-state index contributed by atoms with van der Waals surface area (Å²) in [4.78, 5) is 37.3. The van der Waals surface area contributed by atoms with Crippen molar-refractivity contribution in [3.63, 3.8) is 0 Å². The topological polar surface area (TPSA) is 119 Å². The van der Waals surface area contributed by atoms with Crippen molar-refractivity contribution in [1.29, 1.82) is 0 Å². The van der Waals surface area contributed by atoms with Gasteiger partial charge in [0.05, 0.1) is 17.5 Å². The van der Waals surface area contributed by atoms with Crippen molar-refractivity contribution >= 4 is 29.6 Å². The number of thiophene rings is 1. The van der Waals surface area contributed by atoms with E-state index in [0.717, 1.165) is 25.8 Å². The van der Waals surface area contributed by atoms with Crippen molar-refractivity contribution in [1.82, 2.24) is 9.80 Å². The molecular weight excluding hydrogens is 452 g/mol. The van der Waals surface area contributed by atoms with Crippen LogP contribution >= 0.6 is 11.3 Å². The molecule has 2 amide bonds. The molecule has 2 rings (SSSR count). The van der Waals surface area contributed by atoms with Crippen LogP contribution in [0.25, 0.3) is 0 Å². The standard InChI is InChI=1S/C10H17NO2.C8H14N2O.C7H9NOS/c1-4-5-6-7-11(3)8-10(2)13-9-12;1-2-3-5-10-6-4-7(9)8(10)11;1-2-5-3-4-6(10-5)7(8)9/h4,6-7,9-10H,1,5,8H2,2-3H3;2-3,7H,4-6,9H2,1H3;3-4H,2H2,1H3,(H2,8,9)/b7-6+;3-2-;/t;7-;/m.1./s1. The molecule has 4 N–H and O–H groups in total. The SMILES string of the molecule is C/C=C\CN1CC[C@@H](N)C1=O.C=CC/C=C/N(C)CC(C)OC=O.CCc1ccc(C(N)=O)s1. The number of allylic oxidation sites excluding steroid dienone is 3. The second-order valence-corrected chi connectivity index (χ2v) is 8.79. The second kappa shape index (κ2) is 18.5. The van der Waals surface area contributed by atoms with Crippen LogP contribution in [0.4, 0.5) is 0 Å². The molecule has 0 spiro atoms. The number of ether oxygens (including phenoxy) is 1. The van der Waals surface area contributed by atoms with Crippen LogP contribution in [-0.4, -0.2) is 66.9 Å². The number of nitrogens with zero attached hydrogens (tertiary/aromatic N) is 2. The van der Waals surface area contributed by atoms with E-state index in [1.807, 2.05) is 62.4 Å². The van der Waals surface area contributed by atoms with Crippen LogP contribution < -0.4 is 11.5 Å². The lowest BCUT2D eigenvalue weighted by Crippen LogP contribution is -2.34. The minimum atomic E-state index is -0.329. The first-order valence-corrected chi connectivity index (χ1v) is 12.1. The molecule has 0 radical (unpaired) electrons. The van der Waals surface area contributed by atoms with E-state index in [1.54, 1.807) is 11.0 Å². The predicted molar refractivity (Wildman–Crippen MR) is 139 cm³/mol. The fourth-order valence-electron chi connectivity index (χ4n) is 2.82. The molecule has 0 aliphatic carbocycles. The maximum atomic E-state index is 11.2. The molecule has 1 aliphatic heterocycles. The van der Waals surface area contributed by atoms with Gasteiger partial charge in [-0.3, -0.25) is 14.4 Å². The number of aryl methyl sites for hydroxylation is 1. The van der Waals surface area contributed by atoms with E-state index in [0.29, 0.717) is 24.4 Å². The minimum Gasteiger partial charge on any atom is -0.463 e. The molecule has 2 heterocycles.